The van der Waals surface area contributed by atoms with Crippen molar-refractivity contribution >= 4 is 12.0 Å². The van der Waals surface area contributed by atoms with E-state index >= 15 is 0 Å². The van der Waals surface area contributed by atoms with Gasteiger partial charge in [-0.2, -0.15) is 15.3 Å². The lowest BCUT2D eigenvalue weighted by atomic mass is 9.53. The van der Waals surface area contributed by atoms with E-state index in [4.69, 9.17) is 4.74 Å². The minimum Gasteiger partial charge on any atom is -0.396 e. The molecular formula is C29H26BN12O-. The SMILES string of the molecule is C(#Cc1ccc([B-](n2cccn2)(n2cccn2)n2cccn2)cc1)COCC(n1cccn1)(n1cccn1)n1cccn1. The monoisotopic (exact) mass is 569 g/mol. The van der Waals surface area contributed by atoms with Crippen molar-refractivity contribution in [2.45, 2.75) is 5.79 Å². The maximum Gasteiger partial charge on any atom is 0.369 e. The zero-order valence-corrected chi connectivity index (χ0v) is 23.0. The first-order valence-electron chi connectivity index (χ1n) is 13.6. The standard InChI is InChI=1S/C29H26BN12O/c1(25-43-26-29(37-19-2-13-31-37,38-20-3-14-32-38)39-21-4-15-33-39)8-27-9-11-28(12-10-27)30(40-22-5-16-34-40,41-23-6-17-35-41)42-24-7-18-36-42/h2-7,9-24H,25-26H2/q-1. The number of benzene rings is 1. The third-order valence-electron chi connectivity index (χ3n) is 7.36. The van der Waals surface area contributed by atoms with Crippen molar-refractivity contribution < 1.29 is 4.74 Å². The second-order valence-corrected chi connectivity index (χ2v) is 9.73. The highest BCUT2D eigenvalue weighted by Crippen LogP contribution is 2.21. The minimum atomic E-state index is -1.89. The summed E-state index contributed by atoms with van der Waals surface area (Å²) in [6.07, 6.45) is 21.7. The van der Waals surface area contributed by atoms with Crippen molar-refractivity contribution in [3.8, 4) is 11.8 Å². The van der Waals surface area contributed by atoms with Crippen LogP contribution in [0.1, 0.15) is 5.56 Å². The maximum absolute atomic E-state index is 6.13. The molecule has 1 aromatic carbocycles. The first kappa shape index (κ1) is 26.0. The Labute approximate surface area is 246 Å². The number of hydrogen-bond acceptors (Lipinski definition) is 7. The highest BCUT2D eigenvalue weighted by Gasteiger charge is 2.39. The van der Waals surface area contributed by atoms with Crippen LogP contribution in [0.3, 0.4) is 0 Å². The zero-order valence-electron chi connectivity index (χ0n) is 23.0. The predicted octanol–water partition coefficient (Wildman–Crippen LogP) is 1.43. The van der Waals surface area contributed by atoms with Crippen molar-refractivity contribution in [1.82, 2.24) is 58.4 Å². The molecule has 0 N–H and O–H groups in total. The largest absolute Gasteiger partial charge is 0.396 e. The van der Waals surface area contributed by atoms with E-state index in [0.717, 1.165) is 11.0 Å². The molecule has 7 aromatic rings. The van der Waals surface area contributed by atoms with Crippen LogP contribution in [-0.4, -0.2) is 78.2 Å². The first-order chi connectivity index (χ1) is 21.3. The van der Waals surface area contributed by atoms with E-state index in [0.29, 0.717) is 0 Å². The summed E-state index contributed by atoms with van der Waals surface area (Å²) in [6.45, 7) is -1.51. The molecule has 7 rings (SSSR count). The molecule has 212 valence electrons. The Kier molecular flexibility index (Phi) is 6.74. The smallest absolute Gasteiger partial charge is 0.369 e. The molecule has 43 heavy (non-hydrogen) atoms. The van der Waals surface area contributed by atoms with Gasteiger partial charge in [-0.25, -0.2) is 29.3 Å². The Hall–Kier alpha value is -5.94. The Morgan fingerprint density at radius 1 is 0.581 bits per heavy atom. The summed E-state index contributed by atoms with van der Waals surface area (Å²) < 4.78 is 17.1. The third kappa shape index (κ3) is 4.44. The molecular weight excluding hydrogens is 543 g/mol. The van der Waals surface area contributed by atoms with Crippen LogP contribution in [0, 0.1) is 11.8 Å². The number of ether oxygens (including phenoxy) is 1. The van der Waals surface area contributed by atoms with Crippen molar-refractivity contribution in [2.24, 2.45) is 0 Å². The lowest BCUT2D eigenvalue weighted by Crippen LogP contribution is -2.67. The summed E-state index contributed by atoms with van der Waals surface area (Å²) in [5.41, 5.74) is 1.80. The Morgan fingerprint density at radius 2 is 1.02 bits per heavy atom. The van der Waals surface area contributed by atoms with Gasteiger partial charge in [0.25, 0.3) is 5.79 Å². The van der Waals surface area contributed by atoms with Crippen molar-refractivity contribution in [3.63, 3.8) is 0 Å². The van der Waals surface area contributed by atoms with Crippen LogP contribution >= 0.6 is 0 Å². The van der Waals surface area contributed by atoms with Gasteiger partial charge in [-0.15, -0.1) is 5.46 Å². The fraction of sp³-hybridized carbons (Fsp3) is 0.103. The molecule has 0 radical (unpaired) electrons. The van der Waals surface area contributed by atoms with Crippen LogP contribution in [-0.2, 0) is 10.5 Å². The number of hydrogen-bond donors (Lipinski definition) is 0. The molecule has 0 amide bonds. The van der Waals surface area contributed by atoms with Crippen molar-refractivity contribution in [2.75, 3.05) is 13.2 Å². The fourth-order valence-electron chi connectivity index (χ4n) is 5.46. The van der Waals surface area contributed by atoms with Crippen LogP contribution in [0.15, 0.2) is 135 Å². The van der Waals surface area contributed by atoms with Gasteiger partial charge in [0, 0.05) is 61.3 Å². The summed E-state index contributed by atoms with van der Waals surface area (Å²) >= 11 is 0. The van der Waals surface area contributed by atoms with E-state index in [9.17, 15) is 0 Å². The number of nitrogens with zero attached hydrogens (tertiary/aromatic N) is 12. The van der Waals surface area contributed by atoms with Crippen LogP contribution in [0.4, 0.5) is 0 Å². The van der Waals surface area contributed by atoms with Crippen molar-refractivity contribution in [1.29, 1.82) is 0 Å². The van der Waals surface area contributed by atoms with E-state index in [2.05, 4.69) is 42.4 Å². The van der Waals surface area contributed by atoms with Gasteiger partial charge >= 0.3 is 6.55 Å². The Bertz CT molecular complexity index is 1710. The number of aromatic nitrogens is 12. The molecule has 0 aliphatic rings. The van der Waals surface area contributed by atoms with Gasteiger partial charge in [-0.3, -0.25) is 0 Å². The lowest BCUT2D eigenvalue weighted by molar-refractivity contribution is 0.000972. The summed E-state index contributed by atoms with van der Waals surface area (Å²) in [6, 6.07) is 19.3. The van der Waals surface area contributed by atoms with Crippen LogP contribution in [0.25, 0.3) is 0 Å². The normalized spacial score (nSPS) is 11.8. The second-order valence-electron chi connectivity index (χ2n) is 9.73. The molecule has 13 nitrogen and oxygen atoms in total. The third-order valence-corrected chi connectivity index (χ3v) is 7.36. The van der Waals surface area contributed by atoms with Crippen LogP contribution in [0.2, 0.25) is 0 Å². The predicted molar refractivity (Wildman–Crippen MR) is 158 cm³/mol. The Morgan fingerprint density at radius 3 is 1.42 bits per heavy atom. The lowest BCUT2D eigenvalue weighted by Gasteiger charge is -2.42. The molecule has 0 saturated carbocycles. The molecule has 0 spiro atoms. The first-order valence-corrected chi connectivity index (χ1v) is 13.6. The highest BCUT2D eigenvalue weighted by atomic mass is 16.5. The highest BCUT2D eigenvalue weighted by molar-refractivity contribution is 6.87. The van der Waals surface area contributed by atoms with Crippen LogP contribution < -0.4 is 5.46 Å². The van der Waals surface area contributed by atoms with E-state index in [1.165, 1.54) is 0 Å². The molecule has 14 heteroatoms. The molecule has 6 heterocycles. The fourth-order valence-corrected chi connectivity index (χ4v) is 5.46. The van der Waals surface area contributed by atoms with Crippen molar-refractivity contribution in [3.05, 3.63) is 141 Å². The molecule has 0 fully saturated rings. The molecule has 6 aromatic heterocycles. The number of rotatable bonds is 10. The molecule has 0 aliphatic carbocycles. The minimum absolute atomic E-state index is 0.189. The van der Waals surface area contributed by atoms with Gasteiger partial charge in [0.05, 0.1) is 0 Å². The topological polar surface area (TPSA) is 116 Å². The van der Waals surface area contributed by atoms with Crippen LogP contribution in [0.5, 0.6) is 0 Å². The second kappa shape index (κ2) is 11.1. The molecule has 0 aliphatic heterocycles. The summed E-state index contributed by atoms with van der Waals surface area (Å²) in [5, 5.41) is 27.3. The summed E-state index contributed by atoms with van der Waals surface area (Å²) in [4.78, 5) is 0. The van der Waals surface area contributed by atoms with Gasteiger partial charge < -0.3 is 18.5 Å². The van der Waals surface area contributed by atoms with E-state index in [1.54, 1.807) is 51.2 Å². The van der Waals surface area contributed by atoms with E-state index in [-0.39, 0.29) is 13.2 Å². The average Bonchev–Trinajstić information content (AvgIpc) is 3.89. The summed E-state index contributed by atoms with van der Waals surface area (Å²) in [5.74, 6) is 5.38. The molecule has 0 saturated heterocycles. The Balaban J connectivity index is 1.14. The van der Waals surface area contributed by atoms with Gasteiger partial charge in [-0.05, 0) is 67.1 Å². The van der Waals surface area contributed by atoms with E-state index in [1.807, 2.05) is 112 Å². The van der Waals surface area contributed by atoms with Gasteiger partial charge in [0.1, 0.15) is 13.2 Å². The molecule has 0 unspecified atom stereocenters. The van der Waals surface area contributed by atoms with Gasteiger partial charge in [-0.1, -0.05) is 24.0 Å². The van der Waals surface area contributed by atoms with Gasteiger partial charge in [0.15, 0.2) is 0 Å². The molecule has 0 atom stereocenters. The average molecular weight is 569 g/mol. The summed E-state index contributed by atoms with van der Waals surface area (Å²) in [7, 11) is 0. The quantitative estimate of drug-likeness (QED) is 0.139. The maximum atomic E-state index is 6.13. The molecule has 0 bridgehead atoms. The van der Waals surface area contributed by atoms with E-state index < -0.39 is 12.3 Å². The zero-order chi connectivity index (χ0) is 29.0. The van der Waals surface area contributed by atoms with Gasteiger partial charge in [0.2, 0.25) is 0 Å².